The van der Waals surface area contributed by atoms with Crippen molar-refractivity contribution in [1.29, 1.82) is 0 Å². The highest BCUT2D eigenvalue weighted by Gasteiger charge is 2.10. The van der Waals surface area contributed by atoms with E-state index < -0.39 is 0 Å². The van der Waals surface area contributed by atoms with E-state index in [-0.39, 0.29) is 23.0 Å². The molecule has 0 spiro atoms. The highest BCUT2D eigenvalue weighted by molar-refractivity contribution is 6.06. The average molecular weight is 266 g/mol. The summed E-state index contributed by atoms with van der Waals surface area (Å²) in [6.45, 7) is 0. The Morgan fingerprint density at radius 3 is 2.35 bits per heavy atom. The van der Waals surface area contributed by atoms with E-state index in [1.165, 1.54) is 12.1 Å². The van der Waals surface area contributed by atoms with Crippen molar-refractivity contribution in [2.45, 2.75) is 0 Å². The number of benzene rings is 2. The number of anilines is 4. The quantitative estimate of drug-likeness (QED) is 0.490. The molecule has 0 atom stereocenters. The molecule has 100 valence electrons. The molecule has 0 unspecified atom stereocenters. The molecule has 5 nitrogen and oxygen atoms in total. The van der Waals surface area contributed by atoms with Crippen LogP contribution in [0.25, 0.3) is 0 Å². The molecule has 0 heterocycles. The summed E-state index contributed by atoms with van der Waals surface area (Å²) >= 11 is 0. The number of amides is 1. The molecule has 0 saturated carbocycles. The number of carbonyl (C=O) groups excluding carboxylic acids is 1. The van der Waals surface area contributed by atoms with Crippen LogP contribution in [0.1, 0.15) is 15.9 Å². The predicted octanol–water partition coefficient (Wildman–Crippen LogP) is 1.67. The molecule has 2 rings (SSSR count). The van der Waals surface area contributed by atoms with Gasteiger partial charge in [-0.1, -0.05) is 12.0 Å². The highest BCUT2D eigenvalue weighted by atomic mass is 16.1. The van der Waals surface area contributed by atoms with Gasteiger partial charge in [0.15, 0.2) is 0 Å². The van der Waals surface area contributed by atoms with Crippen LogP contribution in [0.4, 0.5) is 22.7 Å². The first-order valence-electron chi connectivity index (χ1n) is 5.83. The standard InChI is InChI=1S/C15H14N4O/c1-2-9-4-3-5-11(6-9)19-15(20)10-7-12(16)14(18)13(17)8-10/h1,3-8H,16-18H2,(H,19,20). The van der Waals surface area contributed by atoms with Gasteiger partial charge in [-0.25, -0.2) is 0 Å². The summed E-state index contributed by atoms with van der Waals surface area (Å²) in [4.78, 5) is 12.1. The van der Waals surface area contributed by atoms with Crippen molar-refractivity contribution < 1.29 is 4.79 Å². The van der Waals surface area contributed by atoms with Crippen molar-refractivity contribution in [2.75, 3.05) is 22.5 Å². The monoisotopic (exact) mass is 266 g/mol. The second-order valence-corrected chi connectivity index (χ2v) is 4.25. The summed E-state index contributed by atoms with van der Waals surface area (Å²) in [6.07, 6.45) is 5.31. The summed E-state index contributed by atoms with van der Waals surface area (Å²) in [7, 11) is 0. The lowest BCUT2D eigenvalue weighted by Gasteiger charge is -2.09. The van der Waals surface area contributed by atoms with E-state index in [1.54, 1.807) is 24.3 Å². The number of nitrogens with one attached hydrogen (secondary N) is 1. The number of rotatable bonds is 2. The molecule has 1 amide bonds. The summed E-state index contributed by atoms with van der Waals surface area (Å²) < 4.78 is 0. The minimum Gasteiger partial charge on any atom is -0.397 e. The Hall–Kier alpha value is -3.13. The Bertz CT molecular complexity index is 693. The van der Waals surface area contributed by atoms with Gasteiger partial charge in [-0.3, -0.25) is 4.79 Å². The van der Waals surface area contributed by atoms with Crippen LogP contribution in [0.3, 0.4) is 0 Å². The zero-order chi connectivity index (χ0) is 14.7. The second kappa shape index (κ2) is 5.24. The van der Waals surface area contributed by atoms with Gasteiger partial charge in [0.1, 0.15) is 0 Å². The minimum absolute atomic E-state index is 0.271. The maximum atomic E-state index is 12.1. The van der Waals surface area contributed by atoms with Crippen LogP contribution < -0.4 is 22.5 Å². The van der Waals surface area contributed by atoms with Crippen LogP contribution in [0.2, 0.25) is 0 Å². The molecular weight excluding hydrogens is 252 g/mol. The lowest BCUT2D eigenvalue weighted by molar-refractivity contribution is 0.102. The average Bonchev–Trinajstić information content (AvgIpc) is 2.44. The van der Waals surface area contributed by atoms with Gasteiger partial charge in [0.25, 0.3) is 5.91 Å². The number of hydrogen-bond acceptors (Lipinski definition) is 4. The SMILES string of the molecule is C#Cc1cccc(NC(=O)c2cc(N)c(N)c(N)c2)c1. The highest BCUT2D eigenvalue weighted by Crippen LogP contribution is 2.25. The first kappa shape index (κ1) is 13.3. The van der Waals surface area contributed by atoms with Gasteiger partial charge in [0.2, 0.25) is 0 Å². The number of carbonyl (C=O) groups is 1. The van der Waals surface area contributed by atoms with Crippen LogP contribution in [-0.2, 0) is 0 Å². The summed E-state index contributed by atoms with van der Waals surface area (Å²) in [6, 6.07) is 9.92. The van der Waals surface area contributed by atoms with E-state index in [1.807, 2.05) is 0 Å². The van der Waals surface area contributed by atoms with Crippen molar-refractivity contribution in [1.82, 2.24) is 0 Å². The first-order chi connectivity index (χ1) is 9.51. The molecule has 2 aromatic carbocycles. The fourth-order valence-electron chi connectivity index (χ4n) is 1.72. The van der Waals surface area contributed by atoms with E-state index in [9.17, 15) is 4.79 Å². The Balaban J connectivity index is 2.26. The van der Waals surface area contributed by atoms with Gasteiger partial charge in [0, 0.05) is 16.8 Å². The minimum atomic E-state index is -0.336. The molecule has 0 bridgehead atoms. The Kier molecular flexibility index (Phi) is 3.49. The third kappa shape index (κ3) is 2.65. The Labute approximate surface area is 116 Å². The maximum Gasteiger partial charge on any atom is 0.255 e. The molecule has 2 aromatic rings. The van der Waals surface area contributed by atoms with E-state index >= 15 is 0 Å². The van der Waals surface area contributed by atoms with E-state index in [0.29, 0.717) is 16.8 Å². The van der Waals surface area contributed by atoms with Crippen LogP contribution in [0.5, 0.6) is 0 Å². The fourth-order valence-corrected chi connectivity index (χ4v) is 1.72. The van der Waals surface area contributed by atoms with Crippen molar-refractivity contribution in [2.24, 2.45) is 0 Å². The molecule has 0 radical (unpaired) electrons. The van der Waals surface area contributed by atoms with Gasteiger partial charge < -0.3 is 22.5 Å². The molecule has 0 fully saturated rings. The first-order valence-corrected chi connectivity index (χ1v) is 5.83. The summed E-state index contributed by atoms with van der Waals surface area (Å²) in [5.41, 5.74) is 19.4. The topological polar surface area (TPSA) is 107 Å². The lowest BCUT2D eigenvalue weighted by atomic mass is 10.1. The molecule has 0 aliphatic heterocycles. The molecule has 7 N–H and O–H groups in total. The zero-order valence-electron chi connectivity index (χ0n) is 10.7. The van der Waals surface area contributed by atoms with Crippen molar-refractivity contribution in [3.05, 3.63) is 47.5 Å². The molecule has 20 heavy (non-hydrogen) atoms. The molecule has 0 aromatic heterocycles. The Morgan fingerprint density at radius 1 is 1.10 bits per heavy atom. The fraction of sp³-hybridized carbons (Fsp3) is 0. The third-order valence-corrected chi connectivity index (χ3v) is 2.79. The lowest BCUT2D eigenvalue weighted by Crippen LogP contribution is -2.13. The van der Waals surface area contributed by atoms with Crippen LogP contribution >= 0.6 is 0 Å². The summed E-state index contributed by atoms with van der Waals surface area (Å²) in [5, 5.41) is 2.72. The molecule has 0 aliphatic rings. The van der Waals surface area contributed by atoms with Crippen LogP contribution in [0, 0.1) is 12.3 Å². The van der Waals surface area contributed by atoms with Gasteiger partial charge in [-0.15, -0.1) is 6.42 Å². The number of nitrogen functional groups attached to an aromatic ring is 3. The van der Waals surface area contributed by atoms with Crippen LogP contribution in [0.15, 0.2) is 36.4 Å². The van der Waals surface area contributed by atoms with Crippen molar-refractivity contribution in [3.8, 4) is 12.3 Å². The van der Waals surface area contributed by atoms with Gasteiger partial charge >= 0.3 is 0 Å². The Morgan fingerprint density at radius 2 is 1.75 bits per heavy atom. The van der Waals surface area contributed by atoms with Crippen LogP contribution in [-0.4, -0.2) is 5.91 Å². The zero-order valence-corrected chi connectivity index (χ0v) is 10.7. The third-order valence-electron chi connectivity index (χ3n) is 2.79. The number of hydrogen-bond donors (Lipinski definition) is 4. The molecular formula is C15H14N4O. The largest absolute Gasteiger partial charge is 0.397 e. The van der Waals surface area contributed by atoms with Gasteiger partial charge in [-0.05, 0) is 30.3 Å². The number of terminal acetylenes is 1. The summed E-state index contributed by atoms with van der Waals surface area (Å²) in [5.74, 6) is 2.16. The predicted molar refractivity (Wildman–Crippen MR) is 82.0 cm³/mol. The van der Waals surface area contributed by atoms with E-state index in [4.69, 9.17) is 23.6 Å². The second-order valence-electron chi connectivity index (χ2n) is 4.25. The molecule has 0 saturated heterocycles. The molecule has 0 aliphatic carbocycles. The smallest absolute Gasteiger partial charge is 0.255 e. The molecule has 5 heteroatoms. The normalized spacial score (nSPS) is 9.75. The van der Waals surface area contributed by atoms with Gasteiger partial charge in [0.05, 0.1) is 17.1 Å². The van der Waals surface area contributed by atoms with E-state index in [2.05, 4.69) is 11.2 Å². The van der Waals surface area contributed by atoms with Crippen molar-refractivity contribution in [3.63, 3.8) is 0 Å². The van der Waals surface area contributed by atoms with Gasteiger partial charge in [-0.2, -0.15) is 0 Å². The van der Waals surface area contributed by atoms with E-state index in [0.717, 1.165) is 0 Å². The maximum absolute atomic E-state index is 12.1. The number of nitrogens with two attached hydrogens (primary N) is 3. The van der Waals surface area contributed by atoms with Crippen molar-refractivity contribution >= 4 is 28.7 Å².